The highest BCUT2D eigenvalue weighted by molar-refractivity contribution is 6.23. The Morgan fingerprint density at radius 1 is 1.06 bits per heavy atom. The molecule has 31 heavy (non-hydrogen) atoms. The van der Waals surface area contributed by atoms with Crippen molar-refractivity contribution in [2.24, 2.45) is 0 Å². The van der Waals surface area contributed by atoms with Crippen molar-refractivity contribution in [1.29, 1.82) is 0 Å². The van der Waals surface area contributed by atoms with Crippen molar-refractivity contribution in [2.75, 3.05) is 18.5 Å². The van der Waals surface area contributed by atoms with Crippen molar-refractivity contribution in [3.8, 4) is 0 Å². The SMILES string of the molecule is CCCCOC(=O)c1ccc(NC(=O)CN2C(=O)c3ccc([N+](=O)[O-])cc3C2=O)cc1. The van der Waals surface area contributed by atoms with Gasteiger partial charge in [-0.1, -0.05) is 13.3 Å². The number of imide groups is 1. The lowest BCUT2D eigenvalue weighted by Crippen LogP contribution is -2.37. The first-order valence-electron chi connectivity index (χ1n) is 9.53. The Kier molecular flexibility index (Phi) is 6.39. The van der Waals surface area contributed by atoms with Crippen LogP contribution in [0.1, 0.15) is 50.8 Å². The zero-order valence-electron chi connectivity index (χ0n) is 16.6. The minimum absolute atomic E-state index is 0.00865. The Bertz CT molecular complexity index is 1060. The minimum atomic E-state index is -0.774. The number of fused-ring (bicyclic) bond motifs is 1. The van der Waals surface area contributed by atoms with E-state index in [1.807, 2.05) is 6.92 Å². The van der Waals surface area contributed by atoms with Crippen molar-refractivity contribution in [3.05, 3.63) is 69.3 Å². The number of nitrogens with zero attached hydrogens (tertiary/aromatic N) is 2. The second-order valence-electron chi connectivity index (χ2n) is 6.80. The Hall–Kier alpha value is -4.08. The fourth-order valence-corrected chi connectivity index (χ4v) is 2.96. The van der Waals surface area contributed by atoms with Crippen molar-refractivity contribution < 1.29 is 28.8 Å². The molecule has 2 aromatic carbocycles. The summed E-state index contributed by atoms with van der Waals surface area (Å²) in [4.78, 5) is 60.0. The van der Waals surface area contributed by atoms with E-state index in [2.05, 4.69) is 5.32 Å². The molecule has 1 aliphatic heterocycles. The van der Waals surface area contributed by atoms with Gasteiger partial charge in [-0.15, -0.1) is 0 Å². The topological polar surface area (TPSA) is 136 Å². The highest BCUT2D eigenvalue weighted by atomic mass is 16.6. The predicted molar refractivity (Wildman–Crippen MR) is 109 cm³/mol. The van der Waals surface area contributed by atoms with Crippen LogP contribution in [0.15, 0.2) is 42.5 Å². The summed E-state index contributed by atoms with van der Waals surface area (Å²) < 4.78 is 5.11. The number of amides is 3. The molecule has 1 N–H and O–H groups in total. The van der Waals surface area contributed by atoms with E-state index < -0.39 is 35.2 Å². The summed E-state index contributed by atoms with van der Waals surface area (Å²) in [6.45, 7) is 1.76. The molecule has 0 aliphatic carbocycles. The van der Waals surface area contributed by atoms with Crippen molar-refractivity contribution in [3.63, 3.8) is 0 Å². The van der Waals surface area contributed by atoms with Gasteiger partial charge in [0.05, 0.1) is 28.2 Å². The maximum atomic E-state index is 12.4. The number of hydrogen-bond acceptors (Lipinski definition) is 7. The zero-order valence-corrected chi connectivity index (χ0v) is 16.6. The summed E-state index contributed by atoms with van der Waals surface area (Å²) in [7, 11) is 0. The maximum absolute atomic E-state index is 12.4. The number of non-ortho nitro benzene ring substituents is 1. The molecule has 0 unspecified atom stereocenters. The van der Waals surface area contributed by atoms with E-state index in [0.29, 0.717) is 17.9 Å². The van der Waals surface area contributed by atoms with Crippen LogP contribution in [0.25, 0.3) is 0 Å². The molecule has 3 rings (SSSR count). The van der Waals surface area contributed by atoms with Crippen LogP contribution in [0, 0.1) is 10.1 Å². The third kappa shape index (κ3) is 4.74. The number of ether oxygens (including phenoxy) is 1. The molecule has 1 aliphatic rings. The molecule has 0 fully saturated rings. The lowest BCUT2D eigenvalue weighted by atomic mass is 10.1. The Labute approximate surface area is 176 Å². The normalized spacial score (nSPS) is 12.5. The van der Waals surface area contributed by atoms with Crippen molar-refractivity contribution in [2.45, 2.75) is 19.8 Å². The molecule has 0 aromatic heterocycles. The predicted octanol–water partition coefficient (Wildman–Crippen LogP) is 2.79. The smallest absolute Gasteiger partial charge is 0.338 e. The van der Waals surface area contributed by atoms with Gasteiger partial charge in [0, 0.05) is 17.8 Å². The van der Waals surface area contributed by atoms with E-state index in [4.69, 9.17) is 4.74 Å². The minimum Gasteiger partial charge on any atom is -0.462 e. The fraction of sp³-hybridized carbons (Fsp3) is 0.238. The number of hydrogen-bond donors (Lipinski definition) is 1. The van der Waals surface area contributed by atoms with Gasteiger partial charge in [-0.2, -0.15) is 0 Å². The number of rotatable bonds is 8. The second-order valence-corrected chi connectivity index (χ2v) is 6.80. The van der Waals surface area contributed by atoms with Crippen LogP contribution >= 0.6 is 0 Å². The van der Waals surface area contributed by atoms with Gasteiger partial charge in [0.2, 0.25) is 5.91 Å². The van der Waals surface area contributed by atoms with E-state index in [0.717, 1.165) is 29.9 Å². The molecule has 0 atom stereocenters. The van der Waals surface area contributed by atoms with Gasteiger partial charge in [0.1, 0.15) is 6.54 Å². The van der Waals surface area contributed by atoms with E-state index in [1.54, 1.807) is 0 Å². The quantitative estimate of drug-likeness (QED) is 0.226. The molecular weight excluding hydrogens is 406 g/mol. The molecule has 160 valence electrons. The molecule has 1 heterocycles. The molecule has 0 radical (unpaired) electrons. The third-order valence-corrected chi connectivity index (χ3v) is 4.60. The van der Waals surface area contributed by atoms with Crippen LogP contribution in [-0.4, -0.2) is 46.7 Å². The number of nitro groups is 1. The third-order valence-electron chi connectivity index (χ3n) is 4.60. The number of carbonyl (C=O) groups is 4. The average molecular weight is 425 g/mol. The standard InChI is InChI=1S/C21H19N3O7/c1-2-3-10-31-21(28)13-4-6-14(7-5-13)22-18(25)12-23-19(26)16-9-8-15(24(29)30)11-17(16)20(23)27/h4-9,11H,2-3,10,12H2,1H3,(H,22,25). The summed E-state index contributed by atoms with van der Waals surface area (Å²) in [5.74, 6) is -2.58. The Morgan fingerprint density at radius 2 is 1.74 bits per heavy atom. The lowest BCUT2D eigenvalue weighted by molar-refractivity contribution is -0.384. The lowest BCUT2D eigenvalue weighted by Gasteiger charge is -2.13. The molecule has 0 saturated heterocycles. The number of unbranched alkanes of at least 4 members (excludes halogenated alkanes) is 1. The first kappa shape index (κ1) is 21.6. The van der Waals surface area contributed by atoms with E-state index in [9.17, 15) is 29.3 Å². The molecule has 3 amide bonds. The first-order chi connectivity index (χ1) is 14.8. The maximum Gasteiger partial charge on any atom is 0.338 e. The number of carbonyl (C=O) groups excluding carboxylic acids is 4. The van der Waals surface area contributed by atoms with E-state index in [-0.39, 0.29) is 16.8 Å². The summed E-state index contributed by atoms with van der Waals surface area (Å²) in [5, 5.41) is 13.4. The molecule has 10 heteroatoms. The summed E-state index contributed by atoms with van der Waals surface area (Å²) >= 11 is 0. The Morgan fingerprint density at radius 3 is 2.39 bits per heavy atom. The van der Waals surface area contributed by atoms with E-state index >= 15 is 0 Å². The van der Waals surface area contributed by atoms with Crippen LogP contribution in [0.5, 0.6) is 0 Å². The first-order valence-corrected chi connectivity index (χ1v) is 9.53. The van der Waals surface area contributed by atoms with Gasteiger partial charge < -0.3 is 10.1 Å². The van der Waals surface area contributed by atoms with Gasteiger partial charge in [-0.3, -0.25) is 29.4 Å². The molecule has 0 bridgehead atoms. The molecule has 10 nitrogen and oxygen atoms in total. The van der Waals surface area contributed by atoms with Crippen LogP contribution in [0.2, 0.25) is 0 Å². The molecular formula is C21H19N3O7. The molecule has 0 saturated carbocycles. The van der Waals surface area contributed by atoms with Crippen molar-refractivity contribution in [1.82, 2.24) is 4.90 Å². The van der Waals surface area contributed by atoms with Crippen LogP contribution in [0.3, 0.4) is 0 Å². The van der Waals surface area contributed by atoms with Crippen LogP contribution < -0.4 is 5.32 Å². The van der Waals surface area contributed by atoms with Gasteiger partial charge in [0.25, 0.3) is 17.5 Å². The number of nitrogens with one attached hydrogen (secondary N) is 1. The monoisotopic (exact) mass is 425 g/mol. The summed E-state index contributed by atoms with van der Waals surface area (Å²) in [6.07, 6.45) is 1.67. The fourth-order valence-electron chi connectivity index (χ4n) is 2.96. The van der Waals surface area contributed by atoms with Gasteiger partial charge in [0.15, 0.2) is 0 Å². The number of esters is 1. The molecule has 2 aromatic rings. The highest BCUT2D eigenvalue weighted by Gasteiger charge is 2.37. The Balaban J connectivity index is 1.62. The van der Waals surface area contributed by atoms with Crippen LogP contribution in [0.4, 0.5) is 11.4 Å². The summed E-state index contributed by atoms with van der Waals surface area (Å²) in [5.41, 5.74) is 0.269. The van der Waals surface area contributed by atoms with Crippen molar-refractivity contribution >= 4 is 35.1 Å². The average Bonchev–Trinajstić information content (AvgIpc) is 2.98. The van der Waals surface area contributed by atoms with Gasteiger partial charge in [-0.25, -0.2) is 4.79 Å². The van der Waals surface area contributed by atoms with Gasteiger partial charge >= 0.3 is 5.97 Å². The zero-order chi connectivity index (χ0) is 22.5. The largest absolute Gasteiger partial charge is 0.462 e. The number of nitro benzene ring substituents is 1. The summed E-state index contributed by atoms with van der Waals surface area (Å²) in [6, 6.07) is 9.33. The number of anilines is 1. The highest BCUT2D eigenvalue weighted by Crippen LogP contribution is 2.26. The van der Waals surface area contributed by atoms with Gasteiger partial charge in [-0.05, 0) is 36.8 Å². The second kappa shape index (κ2) is 9.16. The molecule has 0 spiro atoms. The number of benzene rings is 2. The van der Waals surface area contributed by atoms with E-state index in [1.165, 1.54) is 30.3 Å². The van der Waals surface area contributed by atoms with Crippen LogP contribution in [-0.2, 0) is 9.53 Å².